The van der Waals surface area contributed by atoms with Gasteiger partial charge in [0.05, 0.1) is 18.2 Å². The molecule has 1 aromatic heterocycles. The number of carbonyl (C=O) groups excluding carboxylic acids is 2. The summed E-state index contributed by atoms with van der Waals surface area (Å²) in [5.74, 6) is -0.0366. The molecule has 148 valence electrons. The molecule has 1 heterocycles. The second kappa shape index (κ2) is 8.03. The zero-order valence-electron chi connectivity index (χ0n) is 16.6. The number of pyridine rings is 1. The average Bonchev–Trinajstić information content (AvgIpc) is 2.76. The molecule has 3 aromatic rings. The Kier molecular flexibility index (Phi) is 5.30. The number of methoxy groups -OCH3 is 1. The van der Waals surface area contributed by atoms with Gasteiger partial charge in [-0.3, -0.25) is 9.78 Å². The maximum Gasteiger partial charge on any atom is 0.339 e. The zero-order chi connectivity index (χ0) is 20.4. The van der Waals surface area contributed by atoms with E-state index >= 15 is 0 Å². The fourth-order valence-corrected chi connectivity index (χ4v) is 3.87. The molecule has 0 N–H and O–H groups in total. The lowest BCUT2D eigenvalue weighted by Crippen LogP contribution is -2.26. The quantitative estimate of drug-likeness (QED) is 0.473. The minimum atomic E-state index is -0.887. The molecule has 1 unspecified atom stereocenters. The summed E-state index contributed by atoms with van der Waals surface area (Å²) < 4.78 is 10.8. The smallest absolute Gasteiger partial charge is 0.339 e. The van der Waals surface area contributed by atoms with Crippen molar-refractivity contribution in [1.29, 1.82) is 0 Å². The monoisotopic (exact) mass is 389 g/mol. The van der Waals surface area contributed by atoms with Crippen LogP contribution in [0.1, 0.15) is 51.7 Å². The van der Waals surface area contributed by atoms with Crippen molar-refractivity contribution >= 4 is 22.7 Å². The van der Waals surface area contributed by atoms with Gasteiger partial charge in [0.2, 0.25) is 5.78 Å². The summed E-state index contributed by atoms with van der Waals surface area (Å²) in [6.45, 7) is 1.61. The molecule has 1 atom stereocenters. The highest BCUT2D eigenvalue weighted by molar-refractivity contribution is 6.07. The van der Waals surface area contributed by atoms with E-state index in [9.17, 15) is 9.59 Å². The third kappa shape index (κ3) is 3.73. The Morgan fingerprint density at radius 3 is 2.48 bits per heavy atom. The second-order valence-corrected chi connectivity index (χ2v) is 7.28. The molecule has 0 bridgehead atoms. The number of hydrogen-bond acceptors (Lipinski definition) is 5. The van der Waals surface area contributed by atoms with E-state index in [1.165, 1.54) is 0 Å². The number of aryl methyl sites for hydroxylation is 1. The molecular formula is C24H23NO4. The van der Waals surface area contributed by atoms with Crippen LogP contribution in [0.15, 0.2) is 48.5 Å². The lowest BCUT2D eigenvalue weighted by atomic mass is 9.90. The van der Waals surface area contributed by atoms with E-state index in [0.717, 1.165) is 47.8 Å². The first-order chi connectivity index (χ1) is 14.1. The van der Waals surface area contributed by atoms with E-state index in [1.54, 1.807) is 38.3 Å². The standard InChI is InChI=1S/C24H23NO4/c1-15(23(26)16-11-13-17(28-2)14-12-16)29-24(27)22-18-7-3-5-9-20(18)25-21-10-6-4-8-19(21)22/h3,5,7,9,11-15H,4,6,8,10H2,1-2H3. The first-order valence-corrected chi connectivity index (χ1v) is 9.88. The van der Waals surface area contributed by atoms with E-state index in [4.69, 9.17) is 14.5 Å². The second-order valence-electron chi connectivity index (χ2n) is 7.28. The van der Waals surface area contributed by atoms with Gasteiger partial charge in [0.25, 0.3) is 0 Å². The molecule has 4 rings (SSSR count). The predicted octanol–water partition coefficient (Wildman–Crippen LogP) is 4.55. The average molecular weight is 389 g/mol. The maximum atomic E-state index is 13.2. The van der Waals surface area contributed by atoms with Crippen LogP contribution in [0.4, 0.5) is 0 Å². The number of hydrogen-bond donors (Lipinski definition) is 0. The van der Waals surface area contributed by atoms with Crippen LogP contribution in [0.5, 0.6) is 5.75 Å². The SMILES string of the molecule is COc1ccc(C(=O)C(C)OC(=O)c2c3c(nc4ccccc24)CCCC3)cc1. The molecule has 0 spiro atoms. The molecule has 0 fully saturated rings. The summed E-state index contributed by atoms with van der Waals surface area (Å²) in [5.41, 5.74) is 3.75. The predicted molar refractivity (Wildman–Crippen MR) is 111 cm³/mol. The van der Waals surface area contributed by atoms with E-state index in [2.05, 4.69) is 0 Å². The Hall–Kier alpha value is -3.21. The number of carbonyl (C=O) groups is 2. The molecule has 0 saturated heterocycles. The molecule has 0 amide bonds. The van der Waals surface area contributed by atoms with E-state index in [1.807, 2.05) is 24.3 Å². The van der Waals surface area contributed by atoms with Crippen molar-refractivity contribution in [2.75, 3.05) is 7.11 Å². The van der Waals surface area contributed by atoms with Crippen LogP contribution >= 0.6 is 0 Å². The van der Waals surface area contributed by atoms with Crippen LogP contribution < -0.4 is 4.74 Å². The van der Waals surface area contributed by atoms with Gasteiger partial charge in [0, 0.05) is 16.6 Å². The molecule has 29 heavy (non-hydrogen) atoms. The van der Waals surface area contributed by atoms with Gasteiger partial charge in [-0.25, -0.2) is 4.79 Å². The van der Waals surface area contributed by atoms with Gasteiger partial charge >= 0.3 is 5.97 Å². The largest absolute Gasteiger partial charge is 0.497 e. The molecule has 0 aliphatic heterocycles. The molecule has 5 nitrogen and oxygen atoms in total. The summed E-state index contributed by atoms with van der Waals surface area (Å²) in [5, 5.41) is 0.780. The van der Waals surface area contributed by atoms with Crippen LogP contribution in [-0.4, -0.2) is 30.0 Å². The zero-order valence-corrected chi connectivity index (χ0v) is 16.6. The Bertz CT molecular complexity index is 1070. The lowest BCUT2D eigenvalue weighted by molar-refractivity contribution is 0.0319. The number of fused-ring (bicyclic) bond motifs is 2. The lowest BCUT2D eigenvalue weighted by Gasteiger charge is -2.21. The van der Waals surface area contributed by atoms with Crippen molar-refractivity contribution in [2.24, 2.45) is 0 Å². The molecule has 5 heteroatoms. The molecule has 2 aromatic carbocycles. The first kappa shape index (κ1) is 19.1. The number of aromatic nitrogens is 1. The maximum absolute atomic E-state index is 13.2. The first-order valence-electron chi connectivity index (χ1n) is 9.88. The number of ether oxygens (including phenoxy) is 2. The fraction of sp³-hybridized carbons (Fsp3) is 0.292. The number of para-hydroxylation sites is 1. The Labute approximate surface area is 169 Å². The number of rotatable bonds is 5. The van der Waals surface area contributed by atoms with Gasteiger partial charge in [0.15, 0.2) is 6.10 Å². The van der Waals surface area contributed by atoms with Gasteiger partial charge in [-0.15, -0.1) is 0 Å². The molecule has 0 saturated carbocycles. The molecule has 0 radical (unpaired) electrons. The van der Waals surface area contributed by atoms with Gasteiger partial charge in [-0.1, -0.05) is 18.2 Å². The number of nitrogens with zero attached hydrogens (tertiary/aromatic N) is 1. The molecule has 1 aliphatic rings. The van der Waals surface area contributed by atoms with Crippen molar-refractivity contribution in [1.82, 2.24) is 4.98 Å². The summed E-state index contributed by atoms with van der Waals surface area (Å²) >= 11 is 0. The van der Waals surface area contributed by atoms with Crippen molar-refractivity contribution in [3.8, 4) is 5.75 Å². The van der Waals surface area contributed by atoms with Gasteiger partial charge in [-0.05, 0) is 68.5 Å². The van der Waals surface area contributed by atoms with Crippen molar-refractivity contribution in [2.45, 2.75) is 38.7 Å². The third-order valence-corrected chi connectivity index (χ3v) is 5.40. The molecule has 1 aliphatic carbocycles. The Morgan fingerprint density at radius 1 is 1.00 bits per heavy atom. The fourth-order valence-electron chi connectivity index (χ4n) is 3.87. The highest BCUT2D eigenvalue weighted by atomic mass is 16.5. The van der Waals surface area contributed by atoms with Crippen LogP contribution in [0, 0.1) is 0 Å². The van der Waals surface area contributed by atoms with Crippen LogP contribution in [0.2, 0.25) is 0 Å². The summed E-state index contributed by atoms with van der Waals surface area (Å²) in [7, 11) is 1.57. The van der Waals surface area contributed by atoms with E-state index in [-0.39, 0.29) is 5.78 Å². The highest BCUT2D eigenvalue weighted by Crippen LogP contribution is 2.30. The third-order valence-electron chi connectivity index (χ3n) is 5.40. The number of Topliss-reactive ketones (excluding diaryl/α,β-unsaturated/α-hetero) is 1. The summed E-state index contributed by atoms with van der Waals surface area (Å²) in [6.07, 6.45) is 2.87. The minimum absolute atomic E-state index is 0.242. The van der Waals surface area contributed by atoms with Crippen molar-refractivity contribution < 1.29 is 19.1 Å². The van der Waals surface area contributed by atoms with Gasteiger partial charge in [-0.2, -0.15) is 0 Å². The summed E-state index contributed by atoms with van der Waals surface area (Å²) in [6, 6.07) is 14.4. The molecular weight excluding hydrogens is 366 g/mol. The van der Waals surface area contributed by atoms with E-state index in [0.29, 0.717) is 16.9 Å². The summed E-state index contributed by atoms with van der Waals surface area (Å²) in [4.78, 5) is 30.6. The Morgan fingerprint density at radius 2 is 1.72 bits per heavy atom. The van der Waals surface area contributed by atoms with Crippen LogP contribution in [-0.2, 0) is 17.6 Å². The Balaban J connectivity index is 1.64. The van der Waals surface area contributed by atoms with Crippen LogP contribution in [0.3, 0.4) is 0 Å². The topological polar surface area (TPSA) is 65.5 Å². The highest BCUT2D eigenvalue weighted by Gasteiger charge is 2.26. The number of esters is 1. The number of ketones is 1. The van der Waals surface area contributed by atoms with Gasteiger partial charge < -0.3 is 9.47 Å². The minimum Gasteiger partial charge on any atom is -0.497 e. The van der Waals surface area contributed by atoms with Crippen molar-refractivity contribution in [3.05, 3.63) is 70.9 Å². The van der Waals surface area contributed by atoms with Crippen LogP contribution in [0.25, 0.3) is 10.9 Å². The van der Waals surface area contributed by atoms with Gasteiger partial charge in [0.1, 0.15) is 5.75 Å². The van der Waals surface area contributed by atoms with Crippen molar-refractivity contribution in [3.63, 3.8) is 0 Å². The van der Waals surface area contributed by atoms with E-state index < -0.39 is 12.1 Å². The number of benzene rings is 2. The normalized spacial score (nSPS) is 14.1.